The number of hydrogen-bond acceptors (Lipinski definition) is 8. The highest BCUT2D eigenvalue weighted by molar-refractivity contribution is 8.01. The van der Waals surface area contributed by atoms with Gasteiger partial charge in [0.2, 0.25) is 0 Å². The molecule has 0 aliphatic carbocycles. The largest absolute Gasteiger partial charge is 0.748 e. The lowest BCUT2D eigenvalue weighted by Crippen LogP contribution is -2.16. The fraction of sp³-hybridized carbons (Fsp3) is 0.833. The first kappa shape index (κ1) is 24.5. The monoisotopic (exact) mass is 276 g/mol. The Morgan fingerprint density at radius 3 is 1.56 bits per heavy atom. The van der Waals surface area contributed by atoms with E-state index in [4.69, 9.17) is 32.8 Å². The zero-order valence-corrected chi connectivity index (χ0v) is 11.0. The van der Waals surface area contributed by atoms with Crippen molar-refractivity contribution in [2.24, 2.45) is 0 Å². The number of aliphatic carboxylic acids is 1. The van der Waals surface area contributed by atoms with Gasteiger partial charge in [0, 0.05) is 22.2 Å². The van der Waals surface area contributed by atoms with Crippen LogP contribution in [0.15, 0.2) is 0 Å². The van der Waals surface area contributed by atoms with E-state index in [2.05, 4.69) is 4.72 Å². The average molecular weight is 276 g/mol. The van der Waals surface area contributed by atoms with Crippen molar-refractivity contribution in [3.8, 4) is 0 Å². The van der Waals surface area contributed by atoms with E-state index in [1.165, 1.54) is 11.9 Å². The second kappa shape index (κ2) is 19.8. The minimum atomic E-state index is -3.92. The lowest BCUT2D eigenvalue weighted by atomic mass is 10.8. The van der Waals surface area contributed by atoms with E-state index in [1.54, 1.807) is 0 Å². The van der Waals surface area contributed by atoms with Crippen LogP contribution in [0.5, 0.6) is 0 Å². The minimum absolute atomic E-state index is 0.604. The van der Waals surface area contributed by atoms with Crippen LogP contribution in [0.3, 0.4) is 0 Å². The van der Waals surface area contributed by atoms with Crippen LogP contribution in [0.2, 0.25) is 0 Å². The van der Waals surface area contributed by atoms with Crippen LogP contribution in [0, 0.1) is 9.93 Å². The first-order valence-electron chi connectivity index (χ1n) is 3.60. The molecule has 0 saturated carbocycles. The Labute approximate surface area is 98.9 Å². The van der Waals surface area contributed by atoms with Gasteiger partial charge in [0.05, 0.1) is 10.1 Å². The summed E-state index contributed by atoms with van der Waals surface area (Å²) in [6.45, 7) is 3.93. The Bertz CT molecular complexity index is 215. The summed E-state index contributed by atoms with van der Waals surface area (Å²) in [5, 5.41) is 8.89. The first-order chi connectivity index (χ1) is 7.15. The van der Waals surface area contributed by atoms with Crippen LogP contribution in [-0.4, -0.2) is 38.0 Å². The molecule has 0 spiro atoms. The molecule has 0 aliphatic rings. The second-order valence-corrected chi connectivity index (χ2v) is 3.86. The molecular formula is C6H14NO7S2-3. The molecule has 0 heterocycles. The molecule has 16 heavy (non-hydrogen) atoms. The van der Waals surface area contributed by atoms with E-state index < -0.39 is 16.1 Å². The second-order valence-electron chi connectivity index (χ2n) is 1.82. The number of carboxylic acid groups (broad SMARTS) is 1. The predicted molar refractivity (Wildman–Crippen MR) is 60.5 cm³/mol. The van der Waals surface area contributed by atoms with Gasteiger partial charge in [-0.05, 0) is 13.2 Å². The lowest BCUT2D eigenvalue weighted by molar-refractivity contribution is -0.302. The maximum Gasteiger partial charge on any atom is 0.0916 e. The van der Waals surface area contributed by atoms with Crippen molar-refractivity contribution >= 4 is 28.0 Å². The van der Waals surface area contributed by atoms with Crippen molar-refractivity contribution in [2.75, 3.05) is 19.1 Å². The van der Waals surface area contributed by atoms with Crippen molar-refractivity contribution in [3.05, 3.63) is 14.7 Å². The summed E-state index contributed by atoms with van der Waals surface area (Å²) in [5.41, 5.74) is 0. The van der Waals surface area contributed by atoms with E-state index >= 15 is 0 Å². The van der Waals surface area contributed by atoms with Crippen molar-refractivity contribution in [3.63, 3.8) is 0 Å². The third-order valence-corrected chi connectivity index (χ3v) is 0.775. The number of carboxylic acids is 1. The van der Waals surface area contributed by atoms with Gasteiger partial charge in [0.15, 0.2) is 0 Å². The van der Waals surface area contributed by atoms with E-state index in [9.17, 15) is 0 Å². The summed E-state index contributed by atoms with van der Waals surface area (Å²) in [6.07, 6.45) is 2.57. The van der Waals surface area contributed by atoms with E-state index in [-0.39, 0.29) is 0 Å². The Morgan fingerprint density at radius 2 is 1.56 bits per heavy atom. The van der Waals surface area contributed by atoms with Crippen molar-refractivity contribution in [1.82, 2.24) is 0 Å². The van der Waals surface area contributed by atoms with Crippen LogP contribution in [0.25, 0.3) is 4.72 Å². The number of hydrogen-bond donors (Lipinski definition) is 0. The molecule has 0 aromatic rings. The van der Waals surface area contributed by atoms with Crippen LogP contribution in [0.1, 0.15) is 13.8 Å². The molecule has 0 fully saturated rings. The molecule has 0 N–H and O–H groups in total. The topological polar surface area (TPSA) is 146 Å². The summed E-state index contributed by atoms with van der Waals surface area (Å²) in [5.74, 6) is -1.08. The first-order valence-corrected chi connectivity index (χ1v) is 6.60. The maximum atomic E-state index is 9.08. The van der Waals surface area contributed by atoms with Crippen LogP contribution in [-0.2, 0) is 14.9 Å². The lowest BCUT2D eigenvalue weighted by Gasteiger charge is -2.08. The molecule has 0 rings (SSSR count). The number of carbonyl (C=O) groups is 1. The van der Waals surface area contributed by atoms with Gasteiger partial charge >= 0.3 is 0 Å². The van der Waals surface area contributed by atoms with E-state index in [1.807, 2.05) is 13.2 Å². The number of nitrogens with zero attached hydrogens (tertiary/aromatic N) is 1. The third-order valence-electron chi connectivity index (χ3n) is 0.258. The van der Waals surface area contributed by atoms with Gasteiger partial charge in [0.25, 0.3) is 0 Å². The van der Waals surface area contributed by atoms with Crippen molar-refractivity contribution < 1.29 is 22.9 Å². The van der Waals surface area contributed by atoms with Gasteiger partial charge in [-0.3, -0.25) is 11.9 Å². The van der Waals surface area contributed by atoms with Crippen LogP contribution in [0.4, 0.5) is 0 Å². The van der Waals surface area contributed by atoms with Gasteiger partial charge in [-0.15, -0.1) is 6.54 Å². The molecular weight excluding hydrogens is 262 g/mol. The van der Waals surface area contributed by atoms with Crippen LogP contribution < -0.4 is 5.11 Å². The molecule has 0 saturated heterocycles. The van der Waals surface area contributed by atoms with Gasteiger partial charge in [-0.25, -0.2) is 8.42 Å². The fourth-order valence-corrected chi connectivity index (χ4v) is 0.387. The minimum Gasteiger partial charge on any atom is -0.748 e. The van der Waals surface area contributed by atoms with E-state index in [0.29, 0.717) is 6.26 Å². The molecule has 10 heteroatoms. The zero-order chi connectivity index (χ0) is 14.2. The molecule has 100 valence electrons. The normalized spacial score (nSPS) is 8.06. The summed E-state index contributed by atoms with van der Waals surface area (Å²) >= 11 is 1.53. The molecule has 0 aromatic heterocycles. The Balaban J connectivity index is -0.0000000629. The van der Waals surface area contributed by atoms with Gasteiger partial charge < -0.3 is 19.2 Å². The smallest absolute Gasteiger partial charge is 0.0916 e. The highest BCUT2D eigenvalue weighted by Crippen LogP contribution is 2.00. The molecule has 0 aliphatic heterocycles. The molecule has 0 bridgehead atoms. The summed E-state index contributed by atoms with van der Waals surface area (Å²) in [6, 6.07) is 0. The standard InChI is InChI=1S/C3H8NS.C2H4O2.CH4O3S.O2/c1-3-4-5-2;1-2(3)4;1-5(2,3)4;1-2/h3H2,1-2H3;1H3,(H,3,4);1H3,(H,2,3,4);/q-1;;;/p-2. The van der Waals surface area contributed by atoms with Gasteiger partial charge in [0.1, 0.15) is 0 Å². The summed E-state index contributed by atoms with van der Waals surface area (Å²) in [7, 11) is -3.92. The molecule has 0 radical (unpaired) electrons. The quantitative estimate of drug-likeness (QED) is 0.491. The Kier molecular flexibility index (Phi) is 30.3. The third kappa shape index (κ3) is 1210. The highest BCUT2D eigenvalue weighted by atomic mass is 32.2. The Morgan fingerprint density at radius 1 is 1.38 bits per heavy atom. The zero-order valence-electron chi connectivity index (χ0n) is 9.33. The Hall–Kier alpha value is -0.710. The molecule has 0 amide bonds. The summed E-state index contributed by atoms with van der Waals surface area (Å²) < 4.78 is 31.1. The fourth-order valence-electron chi connectivity index (χ4n) is 0.129. The SMILES string of the molecule is CC(=O)[O-].CC[N-]SC.CS(=O)(=O)[O-].O=O. The van der Waals surface area contributed by atoms with Gasteiger partial charge in [-0.2, -0.15) is 0 Å². The highest BCUT2D eigenvalue weighted by Gasteiger charge is 1.65. The average Bonchev–Trinajstić information content (AvgIpc) is 2.05. The molecule has 0 atom stereocenters. The molecule has 8 nitrogen and oxygen atoms in total. The van der Waals surface area contributed by atoms with E-state index in [0.717, 1.165) is 13.5 Å². The maximum absolute atomic E-state index is 9.08. The number of carbonyl (C=O) groups excluding carboxylic acids is 1. The molecule has 0 unspecified atom stereocenters. The predicted octanol–water partition coefficient (Wildman–Crippen LogP) is -0.357. The summed E-state index contributed by atoms with van der Waals surface area (Å²) in [4.78, 5) is 22.9. The molecule has 0 aromatic carbocycles. The van der Waals surface area contributed by atoms with Crippen molar-refractivity contribution in [2.45, 2.75) is 13.8 Å². The van der Waals surface area contributed by atoms with Gasteiger partial charge in [-0.1, -0.05) is 6.92 Å². The van der Waals surface area contributed by atoms with Crippen molar-refractivity contribution in [1.29, 1.82) is 0 Å². The number of rotatable bonds is 2. The van der Waals surface area contributed by atoms with Crippen LogP contribution >= 0.6 is 11.9 Å².